The molecule has 5 aromatic rings. The zero-order valence-corrected chi connectivity index (χ0v) is 21.7. The van der Waals surface area contributed by atoms with E-state index >= 15 is 0 Å². The third-order valence-electron chi connectivity index (χ3n) is 6.66. The molecule has 0 aliphatic heterocycles. The van der Waals surface area contributed by atoms with Gasteiger partial charge in [0.05, 0.1) is 35.9 Å². The van der Waals surface area contributed by atoms with Gasteiger partial charge in [-0.3, -0.25) is 4.79 Å². The molecule has 0 fully saturated rings. The molecule has 194 valence electrons. The van der Waals surface area contributed by atoms with Crippen LogP contribution in [-0.2, 0) is 17.6 Å². The number of ketones is 1. The topological polar surface area (TPSA) is 133 Å². The third kappa shape index (κ3) is 6.12. The average molecular weight is 532 g/mol. The molecule has 41 heavy (non-hydrogen) atoms. The summed E-state index contributed by atoms with van der Waals surface area (Å²) < 4.78 is 0. The lowest BCUT2D eigenvalue weighted by molar-refractivity contribution is -0.117. The van der Waals surface area contributed by atoms with Gasteiger partial charge >= 0.3 is 7.12 Å². The second-order valence-electron chi connectivity index (χ2n) is 9.08. The number of benzene rings is 5. The molecule has 5 rings (SSSR count). The predicted octanol–water partition coefficient (Wildman–Crippen LogP) is 4.88. The van der Waals surface area contributed by atoms with Gasteiger partial charge in [0, 0.05) is 18.4 Å². The van der Waals surface area contributed by atoms with Crippen molar-refractivity contribution < 1.29 is 14.8 Å². The maximum atomic E-state index is 12.4. The van der Waals surface area contributed by atoms with Gasteiger partial charge in [-0.1, -0.05) is 72.8 Å². The van der Waals surface area contributed by atoms with Crippen LogP contribution in [0.1, 0.15) is 27.8 Å². The van der Waals surface area contributed by atoms with Gasteiger partial charge in [-0.15, -0.1) is 0 Å². The molecule has 5 aromatic carbocycles. The highest BCUT2D eigenvalue weighted by atomic mass is 16.4. The fraction of sp³-hybridized carbons (Fsp3) is 0.0606. The second kappa shape index (κ2) is 12.9. The van der Waals surface area contributed by atoms with Crippen LogP contribution in [0.25, 0.3) is 26.4 Å². The smallest absolute Gasteiger partial charge is 0.423 e. The number of Topliss-reactive ketones (excluding diaryl/α,β-unsaturated/α-hetero) is 1. The Balaban J connectivity index is 0.000000199. The van der Waals surface area contributed by atoms with Crippen LogP contribution in [0.5, 0.6) is 0 Å². The van der Waals surface area contributed by atoms with E-state index in [1.165, 1.54) is 0 Å². The molecular weight excluding hydrogens is 511 g/mol. The minimum Gasteiger partial charge on any atom is -0.423 e. The van der Waals surface area contributed by atoms with Crippen molar-refractivity contribution in [1.29, 1.82) is 15.8 Å². The first-order chi connectivity index (χ1) is 19.9. The van der Waals surface area contributed by atoms with E-state index in [0.717, 1.165) is 21.5 Å². The molecular formula is C33H21BN4O3. The molecule has 0 aliphatic rings. The van der Waals surface area contributed by atoms with Gasteiger partial charge in [0.2, 0.25) is 0 Å². The highest BCUT2D eigenvalue weighted by Crippen LogP contribution is 2.25. The van der Waals surface area contributed by atoms with Crippen LogP contribution < -0.4 is 5.46 Å². The number of hydrogen-bond donors (Lipinski definition) is 2. The van der Waals surface area contributed by atoms with Crippen LogP contribution in [0.3, 0.4) is 0 Å². The molecule has 0 aliphatic carbocycles. The monoisotopic (exact) mass is 532 g/mol. The number of hydrogen-bond acceptors (Lipinski definition) is 6. The van der Waals surface area contributed by atoms with Crippen LogP contribution in [0.2, 0.25) is 0 Å². The van der Waals surface area contributed by atoms with Crippen molar-refractivity contribution in [3.8, 4) is 18.2 Å². The summed E-state index contributed by atoms with van der Waals surface area (Å²) in [6.45, 7) is 7.17. The highest BCUT2D eigenvalue weighted by Gasteiger charge is 2.17. The van der Waals surface area contributed by atoms with Crippen molar-refractivity contribution >= 4 is 45.6 Å². The Morgan fingerprint density at radius 3 is 1.88 bits per heavy atom. The van der Waals surface area contributed by atoms with Crippen LogP contribution in [-0.4, -0.2) is 22.9 Å². The largest absolute Gasteiger partial charge is 0.489 e. The predicted molar refractivity (Wildman–Crippen MR) is 157 cm³/mol. The fourth-order valence-electron chi connectivity index (χ4n) is 4.70. The van der Waals surface area contributed by atoms with Gasteiger partial charge < -0.3 is 10.0 Å². The van der Waals surface area contributed by atoms with Crippen molar-refractivity contribution in [2.45, 2.75) is 12.8 Å². The molecule has 0 aromatic heterocycles. The Morgan fingerprint density at radius 1 is 0.683 bits per heavy atom. The van der Waals surface area contributed by atoms with E-state index in [0.29, 0.717) is 16.6 Å². The van der Waals surface area contributed by atoms with E-state index in [1.807, 2.05) is 60.7 Å². The maximum Gasteiger partial charge on any atom is 0.489 e. The molecule has 0 heterocycles. The van der Waals surface area contributed by atoms with Crippen molar-refractivity contribution in [1.82, 2.24) is 0 Å². The summed E-state index contributed by atoms with van der Waals surface area (Å²) in [7, 11) is -1.43. The summed E-state index contributed by atoms with van der Waals surface area (Å²) in [6.07, 6.45) is -0.185. The zero-order valence-electron chi connectivity index (χ0n) is 21.7. The maximum absolute atomic E-state index is 12.4. The fourth-order valence-corrected chi connectivity index (χ4v) is 4.70. The molecule has 0 atom stereocenters. The lowest BCUT2D eigenvalue weighted by Crippen LogP contribution is -2.30. The Kier molecular flexibility index (Phi) is 8.86. The lowest BCUT2D eigenvalue weighted by atomic mass is 9.77. The number of rotatable bonds is 5. The minimum atomic E-state index is -1.43. The van der Waals surface area contributed by atoms with E-state index in [4.69, 9.17) is 22.4 Å². The summed E-state index contributed by atoms with van der Waals surface area (Å²) >= 11 is 0. The van der Waals surface area contributed by atoms with Crippen molar-refractivity contribution in [2.24, 2.45) is 0 Å². The van der Waals surface area contributed by atoms with E-state index in [1.54, 1.807) is 42.5 Å². The SMILES string of the molecule is OB(O)c1cccc2c1ccc1ccccc12.[C-]#[N+]c1cccc(C#N)c1CC(=O)Cc1c(C#N)cccc1C#N. The van der Waals surface area contributed by atoms with Crippen LogP contribution in [0.15, 0.2) is 91.0 Å². The van der Waals surface area contributed by atoms with Gasteiger partial charge in [-0.2, -0.15) is 15.8 Å². The molecule has 8 heteroatoms. The number of carbonyl (C=O) groups is 1. The normalized spacial score (nSPS) is 9.90. The lowest BCUT2D eigenvalue weighted by Gasteiger charge is -2.08. The van der Waals surface area contributed by atoms with Crippen molar-refractivity contribution in [3.63, 3.8) is 0 Å². The van der Waals surface area contributed by atoms with Gasteiger partial charge in [0.15, 0.2) is 5.69 Å². The van der Waals surface area contributed by atoms with Crippen LogP contribution in [0, 0.1) is 40.6 Å². The quantitative estimate of drug-likeness (QED) is 0.188. The molecule has 0 unspecified atom stereocenters. The summed E-state index contributed by atoms with van der Waals surface area (Å²) in [5.41, 5.74) is 2.41. The highest BCUT2D eigenvalue weighted by molar-refractivity contribution is 6.62. The van der Waals surface area contributed by atoms with Gasteiger partial charge in [0.1, 0.15) is 5.78 Å². The molecule has 0 spiro atoms. The molecule has 0 saturated carbocycles. The third-order valence-corrected chi connectivity index (χ3v) is 6.66. The number of carbonyl (C=O) groups excluding carboxylic acids is 1. The first-order valence-corrected chi connectivity index (χ1v) is 12.5. The van der Waals surface area contributed by atoms with E-state index < -0.39 is 7.12 Å². The Labute approximate surface area is 237 Å². The van der Waals surface area contributed by atoms with E-state index in [-0.39, 0.29) is 41.0 Å². The van der Waals surface area contributed by atoms with Gasteiger partial charge in [-0.25, -0.2) is 4.85 Å². The molecule has 7 nitrogen and oxygen atoms in total. The van der Waals surface area contributed by atoms with Crippen molar-refractivity contribution in [3.05, 3.63) is 130 Å². The first kappa shape index (κ1) is 28.2. The summed E-state index contributed by atoms with van der Waals surface area (Å²) in [4.78, 5) is 15.8. The Morgan fingerprint density at radius 2 is 1.24 bits per heavy atom. The van der Waals surface area contributed by atoms with Crippen LogP contribution >= 0.6 is 0 Å². The van der Waals surface area contributed by atoms with E-state index in [9.17, 15) is 14.8 Å². The number of nitrogens with zero attached hydrogens (tertiary/aromatic N) is 4. The average Bonchev–Trinajstić information content (AvgIpc) is 3.01. The number of fused-ring (bicyclic) bond motifs is 3. The molecule has 0 bridgehead atoms. The van der Waals surface area contributed by atoms with Crippen molar-refractivity contribution in [2.75, 3.05) is 0 Å². The second-order valence-corrected chi connectivity index (χ2v) is 9.08. The standard InChI is InChI=1S/C19H10N4O.C14H11BO2/c1-23-19-7-3-6-15(12-22)18(19)9-16(24)8-17-13(10-20)4-2-5-14(17)11-21;16-15(17)14-7-3-6-12-11-5-2-1-4-10(11)8-9-13(12)14/h2-7H,8-9H2;1-9,16-17H. The summed E-state index contributed by atoms with van der Waals surface area (Å²) in [5.74, 6) is -0.262. The molecule has 2 N–H and O–H groups in total. The minimum absolute atomic E-state index is 0.0912. The molecule has 0 saturated heterocycles. The first-order valence-electron chi connectivity index (χ1n) is 12.5. The Hall–Kier alpha value is -5.77. The van der Waals surface area contributed by atoms with Gasteiger partial charge in [0.25, 0.3) is 0 Å². The zero-order chi connectivity index (χ0) is 29.4. The van der Waals surface area contributed by atoms with E-state index in [2.05, 4.69) is 10.9 Å². The summed E-state index contributed by atoms with van der Waals surface area (Å²) in [5, 5.41) is 50.4. The van der Waals surface area contributed by atoms with Gasteiger partial charge in [-0.05, 0) is 56.3 Å². The summed E-state index contributed by atoms with van der Waals surface area (Å²) in [6, 6.07) is 33.0. The van der Waals surface area contributed by atoms with Crippen LogP contribution in [0.4, 0.5) is 5.69 Å². The Bertz CT molecular complexity index is 1810. The molecule has 0 amide bonds. The molecule has 0 radical (unpaired) electrons. The number of nitriles is 3.